The number of carbonyl (C=O) groups is 1. The van der Waals surface area contributed by atoms with Crippen LogP contribution < -0.4 is 0 Å². The second-order valence-electron chi connectivity index (χ2n) is 6.95. The van der Waals surface area contributed by atoms with Crippen molar-refractivity contribution in [2.75, 3.05) is 6.61 Å². The lowest BCUT2D eigenvalue weighted by molar-refractivity contribution is -0.117. The van der Waals surface area contributed by atoms with Crippen molar-refractivity contribution in [2.45, 2.75) is 25.2 Å². The highest BCUT2D eigenvalue weighted by atomic mass is 16.3. The molecule has 1 heterocycles. The Morgan fingerprint density at radius 2 is 1.73 bits per heavy atom. The molecule has 0 aliphatic heterocycles. The van der Waals surface area contributed by atoms with Gasteiger partial charge in [-0.15, -0.1) is 0 Å². The van der Waals surface area contributed by atoms with Gasteiger partial charge in [-0.3, -0.25) is 9.78 Å². The van der Waals surface area contributed by atoms with Gasteiger partial charge in [-0.1, -0.05) is 48.5 Å². The predicted octanol–water partition coefficient (Wildman–Crippen LogP) is 3.73. The van der Waals surface area contributed by atoms with Gasteiger partial charge in [-0.25, -0.2) is 0 Å². The minimum absolute atomic E-state index is 0.0610. The molecular formula is C23H21NO2. The Hall–Kier alpha value is -2.78. The Kier molecular flexibility index (Phi) is 4.63. The molecule has 3 nitrogen and oxygen atoms in total. The Bertz CT molecular complexity index is 934. The zero-order chi connectivity index (χ0) is 17.9. The summed E-state index contributed by atoms with van der Waals surface area (Å²) in [6.07, 6.45) is 5.56. The summed E-state index contributed by atoms with van der Waals surface area (Å²) in [7, 11) is 0. The molecule has 1 aromatic heterocycles. The van der Waals surface area contributed by atoms with E-state index in [2.05, 4.69) is 41.4 Å². The molecule has 0 unspecified atom stereocenters. The van der Waals surface area contributed by atoms with Crippen LogP contribution in [0.3, 0.4) is 0 Å². The average molecular weight is 343 g/mol. The summed E-state index contributed by atoms with van der Waals surface area (Å²) in [6, 6.07) is 18.5. The number of pyridine rings is 1. The first-order valence-electron chi connectivity index (χ1n) is 8.96. The largest absolute Gasteiger partial charge is 0.396 e. The van der Waals surface area contributed by atoms with E-state index in [0.717, 1.165) is 39.8 Å². The maximum absolute atomic E-state index is 11.7. The number of carbonyl (C=O) groups excluding carboxylic acids is 1. The number of aliphatic hydroxyl groups excluding tert-OH is 1. The van der Waals surface area contributed by atoms with Crippen molar-refractivity contribution >= 4 is 5.78 Å². The molecule has 1 aliphatic rings. The third-order valence-electron chi connectivity index (χ3n) is 5.08. The predicted molar refractivity (Wildman–Crippen MR) is 102 cm³/mol. The minimum Gasteiger partial charge on any atom is -0.396 e. The number of benzene rings is 2. The standard InChI is InChI=1S/C23H21NO2/c25-15-22(17-4-2-1-3-5-17)9-16-8-21(14-24-13-16)18-6-7-19-11-23(26)12-20(19)10-18/h1-8,10,13-14,22,25H,9,11-12,15H2/t22-/m0/s1. The molecule has 3 aromatic rings. The van der Waals surface area contributed by atoms with Crippen LogP contribution in [0.1, 0.15) is 28.2 Å². The molecule has 3 heteroatoms. The maximum Gasteiger partial charge on any atom is 0.141 e. The lowest BCUT2D eigenvalue weighted by Gasteiger charge is -2.15. The van der Waals surface area contributed by atoms with E-state index in [1.54, 1.807) is 0 Å². The normalized spacial score (nSPS) is 14.3. The van der Waals surface area contributed by atoms with Crippen molar-refractivity contribution in [1.82, 2.24) is 4.98 Å². The van der Waals surface area contributed by atoms with Crippen molar-refractivity contribution in [3.63, 3.8) is 0 Å². The second kappa shape index (κ2) is 7.22. The van der Waals surface area contributed by atoms with Gasteiger partial charge in [0.05, 0.1) is 6.61 Å². The molecule has 130 valence electrons. The quantitative estimate of drug-likeness (QED) is 0.768. The third-order valence-corrected chi connectivity index (χ3v) is 5.08. The van der Waals surface area contributed by atoms with E-state index in [-0.39, 0.29) is 18.3 Å². The van der Waals surface area contributed by atoms with Crippen molar-refractivity contribution in [2.24, 2.45) is 0 Å². The molecule has 1 aliphatic carbocycles. The Balaban J connectivity index is 1.59. The Morgan fingerprint density at radius 3 is 2.54 bits per heavy atom. The molecule has 0 radical (unpaired) electrons. The Morgan fingerprint density at radius 1 is 0.923 bits per heavy atom. The Labute approximate surface area is 153 Å². The fourth-order valence-electron chi connectivity index (χ4n) is 3.68. The third kappa shape index (κ3) is 3.44. The van der Waals surface area contributed by atoms with Crippen LogP contribution in [0, 0.1) is 0 Å². The number of Topliss-reactive ketones (excluding diaryl/α,β-unsaturated/α-hetero) is 1. The van der Waals surface area contributed by atoms with E-state index in [1.165, 1.54) is 0 Å². The van der Waals surface area contributed by atoms with Gasteiger partial charge in [0.2, 0.25) is 0 Å². The molecule has 0 fully saturated rings. The van der Waals surface area contributed by atoms with E-state index in [1.807, 2.05) is 30.6 Å². The number of nitrogens with zero attached hydrogens (tertiary/aromatic N) is 1. The average Bonchev–Trinajstić information content (AvgIpc) is 3.06. The van der Waals surface area contributed by atoms with E-state index >= 15 is 0 Å². The molecule has 0 saturated carbocycles. The van der Waals surface area contributed by atoms with Crippen molar-refractivity contribution in [3.8, 4) is 11.1 Å². The van der Waals surface area contributed by atoms with Crippen LogP contribution in [-0.4, -0.2) is 22.5 Å². The zero-order valence-electron chi connectivity index (χ0n) is 14.6. The topological polar surface area (TPSA) is 50.2 Å². The first kappa shape index (κ1) is 16.7. The van der Waals surface area contributed by atoms with Gasteiger partial charge < -0.3 is 5.11 Å². The summed E-state index contributed by atoms with van der Waals surface area (Å²) < 4.78 is 0. The fraction of sp³-hybridized carbons (Fsp3) is 0.217. The number of ketones is 1. The van der Waals surface area contributed by atoms with Crippen molar-refractivity contribution in [3.05, 3.63) is 89.2 Å². The van der Waals surface area contributed by atoms with Gasteiger partial charge in [-0.2, -0.15) is 0 Å². The SMILES string of the molecule is O=C1Cc2ccc(-c3cncc(C[C@@H](CO)c4ccccc4)c3)cc2C1. The summed E-state index contributed by atoms with van der Waals surface area (Å²) in [5.41, 5.74) is 6.66. The molecular weight excluding hydrogens is 322 g/mol. The minimum atomic E-state index is 0.0610. The number of hydrogen-bond donors (Lipinski definition) is 1. The summed E-state index contributed by atoms with van der Waals surface area (Å²) in [4.78, 5) is 16.1. The van der Waals surface area contributed by atoms with Crippen LogP contribution in [0.25, 0.3) is 11.1 Å². The molecule has 4 rings (SSSR count). The van der Waals surface area contributed by atoms with Crippen LogP contribution >= 0.6 is 0 Å². The number of rotatable bonds is 5. The van der Waals surface area contributed by atoms with Gasteiger partial charge in [0, 0.05) is 36.7 Å². The van der Waals surface area contributed by atoms with Crippen LogP contribution in [0.15, 0.2) is 67.0 Å². The first-order valence-corrected chi connectivity index (χ1v) is 8.96. The highest BCUT2D eigenvalue weighted by Gasteiger charge is 2.19. The van der Waals surface area contributed by atoms with E-state index in [9.17, 15) is 9.90 Å². The van der Waals surface area contributed by atoms with Gasteiger partial charge in [0.1, 0.15) is 5.78 Å². The number of fused-ring (bicyclic) bond motifs is 1. The molecule has 1 N–H and O–H groups in total. The van der Waals surface area contributed by atoms with E-state index in [0.29, 0.717) is 12.8 Å². The molecule has 1 atom stereocenters. The van der Waals surface area contributed by atoms with Gasteiger partial charge in [0.15, 0.2) is 0 Å². The van der Waals surface area contributed by atoms with Crippen LogP contribution in [0.4, 0.5) is 0 Å². The van der Waals surface area contributed by atoms with E-state index < -0.39 is 0 Å². The maximum atomic E-state index is 11.7. The summed E-state index contributed by atoms with van der Waals surface area (Å²) >= 11 is 0. The van der Waals surface area contributed by atoms with Gasteiger partial charge >= 0.3 is 0 Å². The first-order chi connectivity index (χ1) is 12.7. The van der Waals surface area contributed by atoms with Crippen LogP contribution in [0.2, 0.25) is 0 Å². The molecule has 0 saturated heterocycles. The smallest absolute Gasteiger partial charge is 0.141 e. The lowest BCUT2D eigenvalue weighted by Crippen LogP contribution is -2.08. The monoisotopic (exact) mass is 343 g/mol. The van der Waals surface area contributed by atoms with Crippen molar-refractivity contribution in [1.29, 1.82) is 0 Å². The van der Waals surface area contributed by atoms with Gasteiger partial charge in [0.25, 0.3) is 0 Å². The van der Waals surface area contributed by atoms with Gasteiger partial charge in [-0.05, 0) is 40.3 Å². The van der Waals surface area contributed by atoms with Crippen LogP contribution in [0.5, 0.6) is 0 Å². The summed E-state index contributed by atoms with van der Waals surface area (Å²) in [5.74, 6) is 0.351. The molecule has 26 heavy (non-hydrogen) atoms. The number of aliphatic hydroxyl groups is 1. The highest BCUT2D eigenvalue weighted by Crippen LogP contribution is 2.28. The van der Waals surface area contributed by atoms with Crippen LogP contribution in [-0.2, 0) is 24.1 Å². The fourth-order valence-corrected chi connectivity index (χ4v) is 3.68. The summed E-state index contributed by atoms with van der Waals surface area (Å²) in [6.45, 7) is 0.106. The van der Waals surface area contributed by atoms with E-state index in [4.69, 9.17) is 0 Å². The number of aromatic nitrogens is 1. The summed E-state index contributed by atoms with van der Waals surface area (Å²) in [5, 5.41) is 9.81. The molecule has 0 amide bonds. The molecule has 0 bridgehead atoms. The lowest BCUT2D eigenvalue weighted by atomic mass is 9.92. The zero-order valence-corrected chi connectivity index (χ0v) is 14.6. The molecule has 2 aromatic carbocycles. The highest BCUT2D eigenvalue weighted by molar-refractivity contribution is 5.88. The second-order valence-corrected chi connectivity index (χ2v) is 6.95. The molecule has 0 spiro atoms. The number of hydrogen-bond acceptors (Lipinski definition) is 3. The van der Waals surface area contributed by atoms with Crippen molar-refractivity contribution < 1.29 is 9.90 Å².